The summed E-state index contributed by atoms with van der Waals surface area (Å²) in [6.45, 7) is 0.137. The zero-order valence-electron chi connectivity index (χ0n) is 17.1. The number of carbonyl (C=O) groups excluding carboxylic acids is 4. The summed E-state index contributed by atoms with van der Waals surface area (Å²) in [5, 5.41) is 10.9. The minimum Gasteiger partial charge on any atom is -0.731 e. The molecule has 1 saturated heterocycles. The molecule has 0 bridgehead atoms. The number of halogens is 1. The molecule has 0 aliphatic carbocycles. The van der Waals surface area contributed by atoms with Crippen LogP contribution in [0.25, 0.3) is 0 Å². The summed E-state index contributed by atoms with van der Waals surface area (Å²) in [4.78, 5) is 55.3. The van der Waals surface area contributed by atoms with Crippen LogP contribution in [0.5, 0.6) is 0 Å². The molecule has 3 N–H and O–H groups in total. The monoisotopic (exact) mass is 550 g/mol. The van der Waals surface area contributed by atoms with Gasteiger partial charge in [0.05, 0.1) is 0 Å². The third-order valence-electron chi connectivity index (χ3n) is 3.66. The average Bonchev–Trinajstić information content (AvgIpc) is 3.18. The number of thioether (sulfide) groups is 1. The van der Waals surface area contributed by atoms with Crippen LogP contribution in [-0.2, 0) is 34.3 Å². The summed E-state index contributed by atoms with van der Waals surface area (Å²) < 4.78 is 34.3. The zero-order chi connectivity index (χ0) is 23.9. The molecular formula is C14H16ClN6NaO8S3. The van der Waals surface area contributed by atoms with Gasteiger partial charge in [-0.15, -0.1) is 34.7 Å². The van der Waals surface area contributed by atoms with Crippen molar-refractivity contribution in [2.24, 2.45) is 5.16 Å². The van der Waals surface area contributed by atoms with Gasteiger partial charge in [0.15, 0.2) is 21.1 Å². The molecule has 1 aliphatic rings. The van der Waals surface area contributed by atoms with Gasteiger partial charge in [-0.3, -0.25) is 19.2 Å². The number of aromatic nitrogens is 1. The van der Waals surface area contributed by atoms with Crippen LogP contribution in [0.2, 0.25) is 0 Å². The molecule has 2 heterocycles. The molecule has 1 aliphatic heterocycles. The molecule has 14 nitrogen and oxygen atoms in total. The van der Waals surface area contributed by atoms with Gasteiger partial charge in [0.25, 0.3) is 11.8 Å². The normalized spacial score (nSPS) is 18.0. The number of carbonyl (C=O) groups is 4. The average molecular weight is 551 g/mol. The van der Waals surface area contributed by atoms with Crippen molar-refractivity contribution in [1.82, 2.24) is 19.9 Å². The van der Waals surface area contributed by atoms with Crippen LogP contribution < -0.4 is 45.5 Å². The number of rotatable bonds is 12. The maximum atomic E-state index is 12.7. The molecule has 33 heavy (non-hydrogen) atoms. The number of alkyl halides is 1. The molecule has 2 rings (SSSR count). The van der Waals surface area contributed by atoms with E-state index in [0.29, 0.717) is 6.41 Å². The summed E-state index contributed by atoms with van der Waals surface area (Å²) in [6.07, 6.45) is 0.430. The molecule has 0 radical (unpaired) electrons. The Bertz CT molecular complexity index is 1020. The second kappa shape index (κ2) is 13.4. The third kappa shape index (κ3) is 7.78. The molecule has 1 aromatic rings. The van der Waals surface area contributed by atoms with Gasteiger partial charge in [-0.05, 0) is 0 Å². The number of oxime groups is 1. The van der Waals surface area contributed by atoms with Crippen molar-refractivity contribution >= 4 is 80.0 Å². The molecule has 1 fully saturated rings. The number of hydrogen-bond donors (Lipinski definition) is 3. The number of β-lactam (4-membered cyclic amide) rings is 1. The Labute approximate surface area is 223 Å². The Hall–Kier alpha value is -1.47. The van der Waals surface area contributed by atoms with Crippen LogP contribution in [0, 0.1) is 0 Å². The van der Waals surface area contributed by atoms with Crippen molar-refractivity contribution < 1.29 is 66.5 Å². The van der Waals surface area contributed by atoms with Gasteiger partial charge >= 0.3 is 29.6 Å². The maximum Gasteiger partial charge on any atom is 1.00 e. The Morgan fingerprint density at radius 1 is 1.48 bits per heavy atom. The van der Waals surface area contributed by atoms with Gasteiger partial charge in [-0.2, -0.15) is 0 Å². The number of amides is 4. The molecule has 4 amide bonds. The first-order chi connectivity index (χ1) is 15.1. The van der Waals surface area contributed by atoms with Crippen molar-refractivity contribution in [2.75, 3.05) is 30.6 Å². The summed E-state index contributed by atoms with van der Waals surface area (Å²) in [5.41, 5.74) is -0.364. The summed E-state index contributed by atoms with van der Waals surface area (Å²) >= 11 is 7.25. The predicted octanol–water partition coefficient (Wildman–Crippen LogP) is -4.73. The van der Waals surface area contributed by atoms with E-state index >= 15 is 0 Å². The van der Waals surface area contributed by atoms with E-state index < -0.39 is 39.4 Å². The number of hydrogen-bond acceptors (Lipinski definition) is 12. The Kier molecular flexibility index (Phi) is 12.0. The fraction of sp³-hybridized carbons (Fsp3) is 0.429. The fourth-order valence-electron chi connectivity index (χ4n) is 2.37. The van der Waals surface area contributed by atoms with Crippen LogP contribution in [0.3, 0.4) is 0 Å². The second-order valence-electron chi connectivity index (χ2n) is 5.72. The predicted molar refractivity (Wildman–Crippen MR) is 114 cm³/mol. The second-order valence-corrected chi connectivity index (χ2v) is 9.32. The van der Waals surface area contributed by atoms with E-state index in [2.05, 4.69) is 30.9 Å². The fourth-order valence-corrected chi connectivity index (χ4v) is 5.45. The number of thiazole rings is 1. The number of nitrogens with one attached hydrogen (secondary N) is 3. The van der Waals surface area contributed by atoms with E-state index in [9.17, 15) is 32.1 Å². The minimum absolute atomic E-state index is 0. The Balaban J connectivity index is 0.00000544. The molecule has 19 heteroatoms. The first-order valence-electron chi connectivity index (χ1n) is 8.45. The van der Waals surface area contributed by atoms with Gasteiger partial charge in [0, 0.05) is 17.7 Å². The third-order valence-corrected chi connectivity index (χ3v) is 6.94. The largest absolute Gasteiger partial charge is 1.00 e. The summed E-state index contributed by atoms with van der Waals surface area (Å²) in [6, 6.07) is -1.36. The zero-order valence-corrected chi connectivity index (χ0v) is 22.3. The van der Waals surface area contributed by atoms with Crippen molar-refractivity contribution in [3.05, 3.63) is 11.1 Å². The molecule has 176 valence electrons. The van der Waals surface area contributed by atoms with Gasteiger partial charge in [-0.1, -0.05) is 5.16 Å². The molecule has 0 spiro atoms. The standard InChI is InChI=1S/C14H17ClN6O8S3.Na/c1-29-20-9(7-5-31-14(17-7)18-8(23)4-15)11(24)19-10-12(25)21(32(26,27)28)13(10)30-3-2-16-6-22;/h5-6,10,13H,2-4H2,1H3,(H,16,22)(H,19,24)(H,17,18,23)(H,26,27,28);/q;+1/p-1. The first kappa shape index (κ1) is 29.6. The van der Waals surface area contributed by atoms with E-state index in [1.165, 1.54) is 5.38 Å². The minimum atomic E-state index is -5.11. The smallest absolute Gasteiger partial charge is 0.731 e. The van der Waals surface area contributed by atoms with Gasteiger partial charge in [0.1, 0.15) is 30.1 Å². The molecular weight excluding hydrogens is 535 g/mol. The van der Waals surface area contributed by atoms with Crippen molar-refractivity contribution in [1.29, 1.82) is 0 Å². The number of anilines is 1. The van der Waals surface area contributed by atoms with E-state index in [-0.39, 0.29) is 68.6 Å². The van der Waals surface area contributed by atoms with E-state index in [4.69, 9.17) is 11.6 Å². The molecule has 1 aromatic heterocycles. The SMILES string of the molecule is CON=C(C(=O)NC1C(=O)N(S(=O)(=O)[O-])C1SCCNC=O)c1csc(NC(=O)CCl)n1.[Na+]. The van der Waals surface area contributed by atoms with Gasteiger partial charge in [-0.25, -0.2) is 17.7 Å². The topological polar surface area (TPSA) is 199 Å². The molecule has 2 unspecified atom stereocenters. The van der Waals surface area contributed by atoms with Crippen LogP contribution in [0.1, 0.15) is 5.69 Å². The quantitative estimate of drug-likeness (QED) is 0.0332. The van der Waals surface area contributed by atoms with Crippen LogP contribution >= 0.6 is 34.7 Å². The van der Waals surface area contributed by atoms with Gasteiger partial charge in [0.2, 0.25) is 12.3 Å². The van der Waals surface area contributed by atoms with Gasteiger partial charge < -0.3 is 25.3 Å². The van der Waals surface area contributed by atoms with E-state index in [0.717, 1.165) is 30.2 Å². The molecule has 0 aromatic carbocycles. The van der Waals surface area contributed by atoms with E-state index in [1.807, 2.05) is 0 Å². The van der Waals surface area contributed by atoms with Crippen LogP contribution in [-0.4, -0.2) is 88.8 Å². The number of nitrogens with zero attached hydrogens (tertiary/aromatic N) is 3. The van der Waals surface area contributed by atoms with Crippen molar-refractivity contribution in [3.8, 4) is 0 Å². The van der Waals surface area contributed by atoms with Crippen LogP contribution in [0.15, 0.2) is 10.5 Å². The van der Waals surface area contributed by atoms with Crippen molar-refractivity contribution in [3.63, 3.8) is 0 Å². The van der Waals surface area contributed by atoms with Crippen LogP contribution in [0.4, 0.5) is 5.13 Å². The molecule has 2 atom stereocenters. The molecule has 0 saturated carbocycles. The Morgan fingerprint density at radius 3 is 2.76 bits per heavy atom. The maximum absolute atomic E-state index is 12.7. The summed E-state index contributed by atoms with van der Waals surface area (Å²) in [7, 11) is -3.95. The van der Waals surface area contributed by atoms with E-state index in [1.54, 1.807) is 0 Å². The summed E-state index contributed by atoms with van der Waals surface area (Å²) in [5.74, 6) is -2.74. The Morgan fingerprint density at radius 2 is 2.18 bits per heavy atom. The first-order valence-corrected chi connectivity index (χ1v) is 12.3. The van der Waals surface area contributed by atoms with Crippen molar-refractivity contribution in [2.45, 2.75) is 11.4 Å².